The van der Waals surface area contributed by atoms with Gasteiger partial charge in [0.1, 0.15) is 17.2 Å². The van der Waals surface area contributed by atoms with Crippen molar-refractivity contribution in [2.75, 3.05) is 31.3 Å². The van der Waals surface area contributed by atoms with Crippen LogP contribution in [0, 0.1) is 0 Å². The van der Waals surface area contributed by atoms with E-state index in [1.807, 2.05) is 19.1 Å². The number of alkyl halides is 5. The summed E-state index contributed by atoms with van der Waals surface area (Å²) in [5.41, 5.74) is 0.810. The molecule has 3 rings (SSSR count). The molecule has 0 radical (unpaired) electrons. The minimum atomic E-state index is -5.70. The van der Waals surface area contributed by atoms with Crippen molar-refractivity contribution in [2.45, 2.75) is 30.5 Å². The molecular formula is C17H18F5N5OS. The molecule has 0 fully saturated rings. The predicted octanol–water partition coefficient (Wildman–Crippen LogP) is 4.07. The Bertz CT molecular complexity index is 912. The second-order valence-electron chi connectivity index (χ2n) is 6.02. The maximum atomic E-state index is 13.2. The van der Waals surface area contributed by atoms with E-state index in [-0.39, 0.29) is 18.1 Å². The second-order valence-corrected chi connectivity index (χ2v) is 7.33. The minimum absolute atomic E-state index is 0.158. The number of imidazole rings is 1. The van der Waals surface area contributed by atoms with Crippen molar-refractivity contribution in [3.05, 3.63) is 24.0 Å². The van der Waals surface area contributed by atoms with Gasteiger partial charge in [0.15, 0.2) is 12.4 Å². The van der Waals surface area contributed by atoms with Crippen molar-refractivity contribution in [1.29, 1.82) is 0 Å². The molecule has 0 bridgehead atoms. The SMILES string of the molecule is CCSc1ccc(NC)nc1-c1ncc2n1CCN=C2OCC(F)(F)C(F)(F)F. The third-order valence-electron chi connectivity index (χ3n) is 4.08. The highest BCUT2D eigenvalue weighted by Crippen LogP contribution is 2.36. The highest BCUT2D eigenvalue weighted by Gasteiger charge is 2.58. The summed E-state index contributed by atoms with van der Waals surface area (Å²) in [6, 6.07) is 3.71. The van der Waals surface area contributed by atoms with Gasteiger partial charge in [-0.3, -0.25) is 0 Å². The molecule has 2 aromatic rings. The lowest BCUT2D eigenvalue weighted by atomic mass is 10.3. The molecule has 29 heavy (non-hydrogen) atoms. The van der Waals surface area contributed by atoms with Crippen molar-refractivity contribution in [2.24, 2.45) is 4.99 Å². The molecular weight excluding hydrogens is 417 g/mol. The van der Waals surface area contributed by atoms with Gasteiger partial charge in [0, 0.05) is 18.5 Å². The molecule has 0 saturated heterocycles. The lowest BCUT2D eigenvalue weighted by Crippen LogP contribution is -2.41. The number of aliphatic imine (C=N–C) groups is 1. The standard InChI is InChI=1S/C17H18F5N5OS/c1-3-29-11-4-5-12(23-2)26-13(11)14-25-8-10-15(24-6-7-27(10)14)28-9-16(18,19)17(20,21)22/h4-5,8H,3,6-7,9H2,1-2H3,(H,23,26). The smallest absolute Gasteiger partial charge is 0.456 e. The first-order valence-electron chi connectivity index (χ1n) is 8.67. The molecule has 3 heterocycles. The van der Waals surface area contributed by atoms with E-state index in [0.29, 0.717) is 23.9 Å². The van der Waals surface area contributed by atoms with Gasteiger partial charge >= 0.3 is 12.1 Å². The quantitative estimate of drug-likeness (QED) is 0.547. The van der Waals surface area contributed by atoms with Crippen molar-refractivity contribution < 1.29 is 26.7 Å². The summed E-state index contributed by atoms with van der Waals surface area (Å²) in [6.45, 7) is 0.668. The average molecular weight is 435 g/mol. The van der Waals surface area contributed by atoms with Crippen LogP contribution in [-0.2, 0) is 11.3 Å². The number of aromatic nitrogens is 3. The number of thioether (sulfide) groups is 1. The Labute approximate surface area is 167 Å². The van der Waals surface area contributed by atoms with Crippen LogP contribution in [0.1, 0.15) is 12.6 Å². The molecule has 0 spiro atoms. The van der Waals surface area contributed by atoms with Crippen LogP contribution in [0.2, 0.25) is 0 Å². The van der Waals surface area contributed by atoms with Gasteiger partial charge in [0.2, 0.25) is 5.90 Å². The van der Waals surface area contributed by atoms with Crippen molar-refractivity contribution in [3.8, 4) is 11.5 Å². The Morgan fingerprint density at radius 3 is 2.66 bits per heavy atom. The fourth-order valence-electron chi connectivity index (χ4n) is 2.67. The number of pyridine rings is 1. The Kier molecular flexibility index (Phi) is 6.01. The summed E-state index contributed by atoms with van der Waals surface area (Å²) < 4.78 is 70.0. The Balaban J connectivity index is 1.92. The fourth-order valence-corrected chi connectivity index (χ4v) is 3.42. The highest BCUT2D eigenvalue weighted by atomic mass is 32.2. The lowest BCUT2D eigenvalue weighted by molar-refractivity contribution is -0.291. The molecule has 0 aromatic carbocycles. The van der Waals surface area contributed by atoms with Gasteiger partial charge in [-0.2, -0.15) is 22.0 Å². The third-order valence-corrected chi connectivity index (χ3v) is 5.01. The summed E-state index contributed by atoms with van der Waals surface area (Å²) in [4.78, 5) is 13.7. The normalized spacial score (nSPS) is 14.4. The number of anilines is 1. The minimum Gasteiger partial charge on any atom is -0.470 e. The number of hydrogen-bond donors (Lipinski definition) is 1. The molecule has 158 valence electrons. The lowest BCUT2D eigenvalue weighted by Gasteiger charge is -2.22. The summed E-state index contributed by atoms with van der Waals surface area (Å²) in [5, 5.41) is 2.94. The number of nitrogens with zero attached hydrogens (tertiary/aromatic N) is 4. The van der Waals surface area contributed by atoms with E-state index in [9.17, 15) is 22.0 Å². The zero-order chi connectivity index (χ0) is 21.2. The molecule has 12 heteroatoms. The summed E-state index contributed by atoms with van der Waals surface area (Å²) in [5.74, 6) is -3.40. The van der Waals surface area contributed by atoms with Crippen LogP contribution < -0.4 is 5.32 Å². The maximum absolute atomic E-state index is 13.2. The van der Waals surface area contributed by atoms with Crippen LogP contribution in [0.15, 0.2) is 28.2 Å². The van der Waals surface area contributed by atoms with E-state index >= 15 is 0 Å². The van der Waals surface area contributed by atoms with Crippen LogP contribution in [0.3, 0.4) is 0 Å². The largest absolute Gasteiger partial charge is 0.470 e. The first-order chi connectivity index (χ1) is 13.7. The molecule has 0 atom stereocenters. The second kappa shape index (κ2) is 8.17. The van der Waals surface area contributed by atoms with Crippen LogP contribution in [-0.4, -0.2) is 58.5 Å². The Hall–Kier alpha value is -2.37. The molecule has 0 amide bonds. The van der Waals surface area contributed by atoms with Gasteiger partial charge in [-0.05, 0) is 17.9 Å². The van der Waals surface area contributed by atoms with Crippen LogP contribution in [0.4, 0.5) is 27.8 Å². The number of hydrogen-bond acceptors (Lipinski definition) is 6. The average Bonchev–Trinajstić information content (AvgIpc) is 3.10. The van der Waals surface area contributed by atoms with Gasteiger partial charge < -0.3 is 14.6 Å². The number of rotatable bonds is 6. The maximum Gasteiger partial charge on any atom is 0.456 e. The Morgan fingerprint density at radius 2 is 2.00 bits per heavy atom. The number of halogens is 5. The number of ether oxygens (including phenoxy) is 1. The van der Waals surface area contributed by atoms with E-state index in [1.165, 1.54) is 6.20 Å². The third kappa shape index (κ3) is 4.31. The monoisotopic (exact) mass is 435 g/mol. The zero-order valence-electron chi connectivity index (χ0n) is 15.6. The van der Waals surface area contributed by atoms with E-state index in [0.717, 1.165) is 10.6 Å². The molecule has 1 aliphatic heterocycles. The molecule has 6 nitrogen and oxygen atoms in total. The molecule has 1 N–H and O–H groups in total. The van der Waals surface area contributed by atoms with E-state index in [4.69, 9.17) is 4.74 Å². The van der Waals surface area contributed by atoms with Gasteiger partial charge in [-0.1, -0.05) is 6.92 Å². The van der Waals surface area contributed by atoms with Gasteiger partial charge in [-0.15, -0.1) is 11.8 Å². The molecule has 0 saturated carbocycles. The number of nitrogens with one attached hydrogen (secondary N) is 1. The summed E-state index contributed by atoms with van der Waals surface area (Å²) in [7, 11) is 1.72. The first kappa shape index (κ1) is 21.3. The Morgan fingerprint density at radius 1 is 1.24 bits per heavy atom. The predicted molar refractivity (Wildman–Crippen MR) is 99.8 cm³/mol. The van der Waals surface area contributed by atoms with Crippen LogP contribution >= 0.6 is 11.8 Å². The summed E-state index contributed by atoms with van der Waals surface area (Å²) >= 11 is 1.56. The van der Waals surface area contributed by atoms with Crippen LogP contribution in [0.5, 0.6) is 0 Å². The van der Waals surface area contributed by atoms with Crippen molar-refractivity contribution >= 4 is 23.5 Å². The fraction of sp³-hybridized carbons (Fsp3) is 0.471. The molecule has 0 unspecified atom stereocenters. The molecule has 2 aromatic heterocycles. The molecule has 0 aliphatic carbocycles. The van der Waals surface area contributed by atoms with Crippen molar-refractivity contribution in [1.82, 2.24) is 14.5 Å². The van der Waals surface area contributed by atoms with E-state index in [1.54, 1.807) is 23.4 Å². The molecule has 1 aliphatic rings. The highest BCUT2D eigenvalue weighted by molar-refractivity contribution is 7.99. The van der Waals surface area contributed by atoms with Gasteiger partial charge in [-0.25, -0.2) is 15.0 Å². The van der Waals surface area contributed by atoms with Crippen LogP contribution in [0.25, 0.3) is 11.5 Å². The van der Waals surface area contributed by atoms with Crippen molar-refractivity contribution in [3.63, 3.8) is 0 Å². The van der Waals surface area contributed by atoms with E-state index in [2.05, 4.69) is 20.3 Å². The first-order valence-corrected chi connectivity index (χ1v) is 9.66. The topological polar surface area (TPSA) is 64.3 Å². The zero-order valence-corrected chi connectivity index (χ0v) is 16.4. The van der Waals surface area contributed by atoms with Gasteiger partial charge in [0.05, 0.1) is 12.7 Å². The summed E-state index contributed by atoms with van der Waals surface area (Å²) in [6.07, 6.45) is -4.36. The van der Waals surface area contributed by atoms with Gasteiger partial charge in [0.25, 0.3) is 0 Å². The number of fused-ring (bicyclic) bond motifs is 1. The van der Waals surface area contributed by atoms with E-state index < -0.39 is 18.7 Å².